The maximum atomic E-state index is 13.9. The van der Waals surface area contributed by atoms with Crippen LogP contribution in [0, 0.1) is 23.3 Å². The van der Waals surface area contributed by atoms with Crippen molar-refractivity contribution in [3.8, 4) is 22.6 Å². The zero-order valence-corrected chi connectivity index (χ0v) is 20.8. The van der Waals surface area contributed by atoms with Crippen LogP contribution < -0.4 is 10.1 Å². The summed E-state index contributed by atoms with van der Waals surface area (Å²) in [5.74, 6) is -5.36. The number of hydrogen-bond donors (Lipinski definition) is 1. The molecule has 5 nitrogen and oxygen atoms in total. The lowest BCUT2D eigenvalue weighted by atomic mass is 10.0. The van der Waals surface area contributed by atoms with Crippen molar-refractivity contribution in [3.63, 3.8) is 0 Å². The van der Waals surface area contributed by atoms with Crippen LogP contribution in [0.3, 0.4) is 0 Å². The van der Waals surface area contributed by atoms with Crippen molar-refractivity contribution in [2.75, 3.05) is 11.1 Å². The molecule has 10 heteroatoms. The monoisotopic (exact) mass is 543 g/mol. The average Bonchev–Trinajstić information content (AvgIpc) is 2.87. The molecule has 38 heavy (non-hydrogen) atoms. The molecule has 0 spiro atoms. The standard InChI is InChI=1S/C28H21F4NO4S/c1-2-38(35,36)22-9-6-17(7-10-22)12-27(34)33-20-8-11-23(18-13-24(30)28(32)25(31)14-18)26(16-20)37-21-5-3-4-19(29)15-21/h3-11,13-16H,2,12H2,1H3,(H,33,34). The van der Waals surface area contributed by atoms with Gasteiger partial charge >= 0.3 is 0 Å². The first-order valence-electron chi connectivity index (χ1n) is 11.4. The Balaban J connectivity index is 1.61. The summed E-state index contributed by atoms with van der Waals surface area (Å²) in [6, 6.07) is 17.0. The molecule has 0 bridgehead atoms. The highest BCUT2D eigenvalue weighted by Gasteiger charge is 2.17. The van der Waals surface area contributed by atoms with Crippen LogP contribution in [0.2, 0.25) is 0 Å². The van der Waals surface area contributed by atoms with E-state index < -0.39 is 39.0 Å². The van der Waals surface area contributed by atoms with Gasteiger partial charge in [-0.1, -0.05) is 25.1 Å². The largest absolute Gasteiger partial charge is 0.457 e. The minimum absolute atomic E-state index is 0.0212. The molecule has 0 saturated heterocycles. The molecule has 0 aliphatic rings. The van der Waals surface area contributed by atoms with Gasteiger partial charge in [-0.25, -0.2) is 26.0 Å². The number of halogens is 4. The lowest BCUT2D eigenvalue weighted by molar-refractivity contribution is -0.115. The summed E-state index contributed by atoms with van der Waals surface area (Å²) in [6.45, 7) is 1.54. The Morgan fingerprint density at radius 1 is 0.868 bits per heavy atom. The van der Waals surface area contributed by atoms with Gasteiger partial charge in [-0.3, -0.25) is 4.79 Å². The molecule has 1 N–H and O–H groups in total. The Morgan fingerprint density at radius 3 is 2.18 bits per heavy atom. The van der Waals surface area contributed by atoms with E-state index in [1.807, 2.05) is 0 Å². The van der Waals surface area contributed by atoms with Crippen molar-refractivity contribution in [1.29, 1.82) is 0 Å². The second-order valence-electron chi connectivity index (χ2n) is 8.30. The van der Waals surface area contributed by atoms with Gasteiger partial charge in [-0.15, -0.1) is 0 Å². The second kappa shape index (κ2) is 11.1. The molecule has 0 fully saturated rings. The first-order valence-corrected chi connectivity index (χ1v) is 13.0. The number of amides is 1. The maximum absolute atomic E-state index is 13.9. The van der Waals surface area contributed by atoms with Gasteiger partial charge in [0.05, 0.1) is 17.1 Å². The smallest absolute Gasteiger partial charge is 0.228 e. The Bertz CT molecular complexity index is 1580. The fourth-order valence-electron chi connectivity index (χ4n) is 3.66. The summed E-state index contributed by atoms with van der Waals surface area (Å²) in [5.41, 5.74) is 0.964. The Labute approximate surface area is 216 Å². The first-order chi connectivity index (χ1) is 18.1. The number of carbonyl (C=O) groups is 1. The molecule has 196 valence electrons. The van der Waals surface area contributed by atoms with Crippen molar-refractivity contribution in [2.24, 2.45) is 0 Å². The van der Waals surface area contributed by atoms with E-state index in [-0.39, 0.29) is 45.4 Å². The summed E-state index contributed by atoms with van der Waals surface area (Å²) < 4.78 is 84.7. The number of carbonyl (C=O) groups excluding carboxylic acids is 1. The summed E-state index contributed by atoms with van der Waals surface area (Å²) >= 11 is 0. The first kappa shape index (κ1) is 26.9. The van der Waals surface area contributed by atoms with Gasteiger partial charge in [-0.05, 0) is 59.7 Å². The summed E-state index contributed by atoms with van der Waals surface area (Å²) in [6.07, 6.45) is -0.0668. The number of ether oxygens (including phenoxy) is 1. The zero-order chi connectivity index (χ0) is 27.4. The molecular weight excluding hydrogens is 522 g/mol. The predicted octanol–water partition coefficient (Wildman–Crippen LogP) is 6.68. The van der Waals surface area contributed by atoms with Crippen LogP contribution >= 0.6 is 0 Å². The van der Waals surface area contributed by atoms with Gasteiger partial charge in [-0.2, -0.15) is 0 Å². The van der Waals surface area contributed by atoms with Gasteiger partial charge in [0.2, 0.25) is 5.91 Å². The number of anilines is 1. The summed E-state index contributed by atoms with van der Waals surface area (Å²) in [7, 11) is -3.37. The molecule has 0 unspecified atom stereocenters. The van der Waals surface area contributed by atoms with E-state index in [0.29, 0.717) is 5.56 Å². The van der Waals surface area contributed by atoms with Crippen LogP contribution in [0.25, 0.3) is 11.1 Å². The second-order valence-corrected chi connectivity index (χ2v) is 10.6. The normalized spacial score (nSPS) is 11.3. The van der Waals surface area contributed by atoms with Crippen molar-refractivity contribution in [3.05, 3.63) is 108 Å². The van der Waals surface area contributed by atoms with Crippen molar-refractivity contribution >= 4 is 21.4 Å². The summed E-state index contributed by atoms with van der Waals surface area (Å²) in [5, 5.41) is 2.68. The van der Waals surface area contributed by atoms with Crippen LogP contribution in [0.4, 0.5) is 23.2 Å². The molecule has 4 aromatic rings. The Hall–Kier alpha value is -4.18. The Kier molecular flexibility index (Phi) is 7.82. The van der Waals surface area contributed by atoms with E-state index in [2.05, 4.69) is 5.32 Å². The third-order valence-corrected chi connectivity index (χ3v) is 7.36. The van der Waals surface area contributed by atoms with E-state index in [1.54, 1.807) is 12.1 Å². The highest BCUT2D eigenvalue weighted by Crippen LogP contribution is 2.37. The molecule has 0 aromatic heterocycles. The van der Waals surface area contributed by atoms with E-state index in [0.717, 1.165) is 18.2 Å². The van der Waals surface area contributed by atoms with Crippen molar-refractivity contribution < 1.29 is 35.5 Å². The van der Waals surface area contributed by atoms with Crippen LogP contribution in [-0.2, 0) is 21.1 Å². The minimum atomic E-state index is -3.37. The average molecular weight is 544 g/mol. The quantitative estimate of drug-likeness (QED) is 0.199. The van der Waals surface area contributed by atoms with Crippen LogP contribution in [0.15, 0.2) is 83.8 Å². The number of rotatable bonds is 8. The maximum Gasteiger partial charge on any atom is 0.228 e. The van der Waals surface area contributed by atoms with Gasteiger partial charge in [0.1, 0.15) is 17.3 Å². The van der Waals surface area contributed by atoms with Gasteiger partial charge in [0, 0.05) is 23.4 Å². The molecule has 0 aliphatic carbocycles. The molecular formula is C28H21F4NO4S. The molecule has 1 amide bonds. The lowest BCUT2D eigenvalue weighted by Gasteiger charge is -2.15. The van der Waals surface area contributed by atoms with Crippen LogP contribution in [0.1, 0.15) is 12.5 Å². The fourth-order valence-corrected chi connectivity index (χ4v) is 4.55. The molecule has 0 atom stereocenters. The molecule has 0 aliphatic heterocycles. The number of benzene rings is 4. The highest BCUT2D eigenvalue weighted by molar-refractivity contribution is 7.91. The van der Waals surface area contributed by atoms with Gasteiger partial charge < -0.3 is 10.1 Å². The Morgan fingerprint density at radius 2 is 1.55 bits per heavy atom. The SMILES string of the molecule is CCS(=O)(=O)c1ccc(CC(=O)Nc2ccc(-c3cc(F)c(F)c(F)c3)c(Oc3cccc(F)c3)c2)cc1. The van der Waals surface area contributed by atoms with Crippen LogP contribution in [-0.4, -0.2) is 20.1 Å². The van der Waals surface area contributed by atoms with Crippen molar-refractivity contribution in [2.45, 2.75) is 18.2 Å². The number of sulfone groups is 1. The number of hydrogen-bond acceptors (Lipinski definition) is 4. The third-order valence-electron chi connectivity index (χ3n) is 5.61. The molecule has 4 aromatic carbocycles. The fraction of sp³-hybridized carbons (Fsp3) is 0.107. The minimum Gasteiger partial charge on any atom is -0.457 e. The van der Waals surface area contributed by atoms with Crippen molar-refractivity contribution in [1.82, 2.24) is 0 Å². The zero-order valence-electron chi connectivity index (χ0n) is 20.0. The highest BCUT2D eigenvalue weighted by atomic mass is 32.2. The third kappa shape index (κ3) is 6.20. The summed E-state index contributed by atoms with van der Waals surface area (Å²) in [4.78, 5) is 12.8. The van der Waals surface area contributed by atoms with E-state index in [1.165, 1.54) is 55.5 Å². The molecule has 0 heterocycles. The number of nitrogens with one attached hydrogen (secondary N) is 1. The van der Waals surface area contributed by atoms with Crippen LogP contribution in [0.5, 0.6) is 11.5 Å². The topological polar surface area (TPSA) is 72.5 Å². The van der Waals surface area contributed by atoms with E-state index in [9.17, 15) is 30.8 Å². The van der Waals surface area contributed by atoms with Gasteiger partial charge in [0.25, 0.3) is 0 Å². The molecule has 0 radical (unpaired) electrons. The van der Waals surface area contributed by atoms with E-state index in [4.69, 9.17) is 4.74 Å². The molecule has 0 saturated carbocycles. The lowest BCUT2D eigenvalue weighted by Crippen LogP contribution is -2.14. The van der Waals surface area contributed by atoms with E-state index >= 15 is 0 Å². The molecule has 4 rings (SSSR count). The van der Waals surface area contributed by atoms with Gasteiger partial charge in [0.15, 0.2) is 27.3 Å². The predicted molar refractivity (Wildman–Crippen MR) is 135 cm³/mol.